The summed E-state index contributed by atoms with van der Waals surface area (Å²) in [6, 6.07) is 5.81. The Balaban J connectivity index is 1.90. The van der Waals surface area contributed by atoms with E-state index in [1.165, 1.54) is 19.3 Å². The minimum absolute atomic E-state index is 0.690. The van der Waals surface area contributed by atoms with E-state index in [0.29, 0.717) is 5.69 Å². The maximum Gasteiger partial charge on any atom is 0.143 e. The molecule has 3 heteroatoms. The van der Waals surface area contributed by atoms with Crippen molar-refractivity contribution in [2.24, 2.45) is 0 Å². The molecular formula is C14H20N2O. The van der Waals surface area contributed by atoms with Crippen molar-refractivity contribution in [3.8, 4) is 5.75 Å². The molecule has 17 heavy (non-hydrogen) atoms. The Morgan fingerprint density at radius 3 is 3.00 bits per heavy atom. The molecule has 0 radical (unpaired) electrons. The van der Waals surface area contributed by atoms with Gasteiger partial charge in [-0.2, -0.15) is 0 Å². The van der Waals surface area contributed by atoms with E-state index < -0.39 is 0 Å². The predicted octanol–water partition coefficient (Wildman–Crippen LogP) is 3.19. The van der Waals surface area contributed by atoms with Crippen LogP contribution in [0.25, 0.3) is 0 Å². The van der Waals surface area contributed by atoms with E-state index in [-0.39, 0.29) is 0 Å². The average molecular weight is 232 g/mol. The number of nitrogens with one attached hydrogen (secondary N) is 1. The number of allylic oxidation sites excluding steroid dienone is 1. The van der Waals surface area contributed by atoms with Crippen molar-refractivity contribution in [3.63, 3.8) is 0 Å². The lowest BCUT2D eigenvalue weighted by Crippen LogP contribution is -2.05. The molecule has 3 N–H and O–H groups in total. The summed E-state index contributed by atoms with van der Waals surface area (Å²) in [6.45, 7) is 0.934. The van der Waals surface area contributed by atoms with Crippen molar-refractivity contribution in [1.29, 1.82) is 0 Å². The zero-order valence-electron chi connectivity index (χ0n) is 10.3. The number of hydrogen-bond donors (Lipinski definition) is 2. The van der Waals surface area contributed by atoms with Crippen LogP contribution < -0.4 is 15.8 Å². The summed E-state index contributed by atoms with van der Waals surface area (Å²) in [5.74, 6) is 0.732. The van der Waals surface area contributed by atoms with Crippen molar-refractivity contribution in [2.45, 2.75) is 25.7 Å². The van der Waals surface area contributed by atoms with Crippen molar-refractivity contribution in [3.05, 3.63) is 29.8 Å². The van der Waals surface area contributed by atoms with Crippen LogP contribution in [0.1, 0.15) is 25.7 Å². The Hall–Kier alpha value is -1.64. The van der Waals surface area contributed by atoms with Crippen LogP contribution in [0.4, 0.5) is 11.4 Å². The summed E-state index contributed by atoms with van der Waals surface area (Å²) >= 11 is 0. The normalized spacial score (nSPS) is 14.5. The van der Waals surface area contributed by atoms with E-state index in [1.54, 1.807) is 12.7 Å². The molecule has 0 saturated carbocycles. The number of nitrogens with two attached hydrogens (primary N) is 1. The number of hydrogen-bond acceptors (Lipinski definition) is 3. The van der Waals surface area contributed by atoms with Crippen LogP contribution in [0, 0.1) is 0 Å². The molecule has 0 saturated heterocycles. The molecule has 1 aromatic carbocycles. The first-order chi connectivity index (χ1) is 8.31. The summed E-state index contributed by atoms with van der Waals surface area (Å²) in [7, 11) is 1.64. The van der Waals surface area contributed by atoms with Crippen LogP contribution >= 0.6 is 0 Å². The summed E-state index contributed by atoms with van der Waals surface area (Å²) in [4.78, 5) is 0. The van der Waals surface area contributed by atoms with Crippen molar-refractivity contribution in [1.82, 2.24) is 0 Å². The summed E-state index contributed by atoms with van der Waals surface area (Å²) in [6.07, 6.45) is 7.29. The number of nitrogen functional groups attached to an aromatic ring is 1. The highest BCUT2D eigenvalue weighted by atomic mass is 16.5. The number of rotatable bonds is 5. The molecule has 0 spiro atoms. The van der Waals surface area contributed by atoms with Crippen LogP contribution in [0.15, 0.2) is 29.8 Å². The van der Waals surface area contributed by atoms with Crippen molar-refractivity contribution >= 4 is 11.4 Å². The summed E-state index contributed by atoms with van der Waals surface area (Å²) in [5, 5.41) is 3.37. The van der Waals surface area contributed by atoms with Gasteiger partial charge in [0, 0.05) is 6.54 Å². The van der Waals surface area contributed by atoms with E-state index in [4.69, 9.17) is 10.5 Å². The first-order valence-corrected chi connectivity index (χ1v) is 6.15. The second kappa shape index (κ2) is 5.62. The van der Waals surface area contributed by atoms with Gasteiger partial charge in [0.2, 0.25) is 0 Å². The predicted molar refractivity (Wildman–Crippen MR) is 72.4 cm³/mol. The van der Waals surface area contributed by atoms with E-state index in [9.17, 15) is 0 Å². The highest BCUT2D eigenvalue weighted by Gasteiger charge is 2.06. The highest BCUT2D eigenvalue weighted by Crippen LogP contribution is 2.29. The Morgan fingerprint density at radius 2 is 2.29 bits per heavy atom. The standard InChI is InChI=1S/C14H20N2O/c1-17-13-8-4-7-12(14(13)15)16-10-9-11-5-2-3-6-11/h4-5,7-8,16H,2-3,6,9-10,15H2,1H3. The van der Waals surface area contributed by atoms with E-state index in [0.717, 1.165) is 24.4 Å². The van der Waals surface area contributed by atoms with Crippen LogP contribution in [0.3, 0.4) is 0 Å². The Labute approximate surface area is 103 Å². The second-order valence-corrected chi connectivity index (χ2v) is 4.35. The van der Waals surface area contributed by atoms with Crippen molar-refractivity contribution < 1.29 is 4.74 Å². The molecule has 0 atom stereocenters. The van der Waals surface area contributed by atoms with Gasteiger partial charge in [0.1, 0.15) is 5.75 Å². The summed E-state index contributed by atoms with van der Waals surface area (Å²) < 4.78 is 5.19. The molecule has 0 aliphatic heterocycles. The highest BCUT2D eigenvalue weighted by molar-refractivity contribution is 5.72. The van der Waals surface area contributed by atoms with Gasteiger partial charge < -0.3 is 15.8 Å². The third kappa shape index (κ3) is 2.93. The number of ether oxygens (including phenoxy) is 1. The average Bonchev–Trinajstić information content (AvgIpc) is 2.84. The Kier molecular flexibility index (Phi) is 3.91. The summed E-state index contributed by atoms with van der Waals surface area (Å²) in [5.41, 5.74) is 9.21. The maximum absolute atomic E-state index is 5.99. The molecule has 92 valence electrons. The van der Waals surface area contributed by atoms with Gasteiger partial charge in [-0.05, 0) is 37.8 Å². The molecule has 2 rings (SSSR count). The van der Waals surface area contributed by atoms with Gasteiger partial charge in [-0.25, -0.2) is 0 Å². The number of benzene rings is 1. The molecule has 1 aliphatic carbocycles. The van der Waals surface area contributed by atoms with Gasteiger partial charge in [0.25, 0.3) is 0 Å². The first kappa shape index (κ1) is 11.8. The molecular weight excluding hydrogens is 212 g/mol. The lowest BCUT2D eigenvalue weighted by molar-refractivity contribution is 0.417. The van der Waals surface area contributed by atoms with Gasteiger partial charge in [-0.15, -0.1) is 0 Å². The fraction of sp³-hybridized carbons (Fsp3) is 0.429. The molecule has 1 aliphatic rings. The van der Waals surface area contributed by atoms with Crippen LogP contribution in [-0.4, -0.2) is 13.7 Å². The van der Waals surface area contributed by atoms with Gasteiger partial charge in [-0.3, -0.25) is 0 Å². The van der Waals surface area contributed by atoms with Gasteiger partial charge >= 0.3 is 0 Å². The SMILES string of the molecule is COc1cccc(NCCC2=CCCC2)c1N. The fourth-order valence-electron chi connectivity index (χ4n) is 2.20. The number of anilines is 2. The van der Waals surface area contributed by atoms with Gasteiger partial charge in [-0.1, -0.05) is 17.7 Å². The lowest BCUT2D eigenvalue weighted by atomic mass is 10.1. The molecule has 0 fully saturated rings. The Morgan fingerprint density at radius 1 is 1.41 bits per heavy atom. The molecule has 3 nitrogen and oxygen atoms in total. The van der Waals surface area contributed by atoms with Gasteiger partial charge in [0.05, 0.1) is 18.5 Å². The minimum Gasteiger partial charge on any atom is -0.495 e. The lowest BCUT2D eigenvalue weighted by Gasteiger charge is -2.12. The fourth-order valence-corrected chi connectivity index (χ4v) is 2.20. The monoisotopic (exact) mass is 232 g/mol. The molecule has 0 heterocycles. The second-order valence-electron chi connectivity index (χ2n) is 4.35. The number of methoxy groups -OCH3 is 1. The smallest absolute Gasteiger partial charge is 0.143 e. The zero-order chi connectivity index (χ0) is 12.1. The van der Waals surface area contributed by atoms with Crippen LogP contribution in [-0.2, 0) is 0 Å². The molecule has 0 unspecified atom stereocenters. The number of para-hydroxylation sites is 1. The topological polar surface area (TPSA) is 47.3 Å². The maximum atomic E-state index is 5.99. The third-order valence-corrected chi connectivity index (χ3v) is 3.18. The Bertz CT molecular complexity index is 413. The minimum atomic E-state index is 0.690. The zero-order valence-corrected chi connectivity index (χ0v) is 10.3. The first-order valence-electron chi connectivity index (χ1n) is 6.15. The molecule has 0 amide bonds. The van der Waals surface area contributed by atoms with Gasteiger partial charge in [0.15, 0.2) is 0 Å². The van der Waals surface area contributed by atoms with Crippen LogP contribution in [0.5, 0.6) is 5.75 Å². The van der Waals surface area contributed by atoms with Crippen LogP contribution in [0.2, 0.25) is 0 Å². The molecule has 1 aromatic rings. The molecule has 0 bridgehead atoms. The molecule has 0 aromatic heterocycles. The van der Waals surface area contributed by atoms with E-state index >= 15 is 0 Å². The van der Waals surface area contributed by atoms with E-state index in [1.807, 2.05) is 18.2 Å². The van der Waals surface area contributed by atoms with Crippen molar-refractivity contribution in [2.75, 3.05) is 24.7 Å². The quantitative estimate of drug-likeness (QED) is 0.605. The largest absolute Gasteiger partial charge is 0.495 e. The van der Waals surface area contributed by atoms with E-state index in [2.05, 4.69) is 11.4 Å². The third-order valence-electron chi connectivity index (χ3n) is 3.18.